The summed E-state index contributed by atoms with van der Waals surface area (Å²) in [5.74, 6) is 4.10. The summed E-state index contributed by atoms with van der Waals surface area (Å²) < 4.78 is 0. The van der Waals surface area contributed by atoms with Crippen molar-refractivity contribution in [2.45, 2.75) is 76.7 Å². The molecule has 1 nitrogen and oxygen atoms in total. The van der Waals surface area contributed by atoms with Crippen molar-refractivity contribution < 1.29 is 0 Å². The molecule has 0 amide bonds. The molecule has 1 saturated heterocycles. The van der Waals surface area contributed by atoms with E-state index in [2.05, 4.69) is 42.2 Å². The Morgan fingerprint density at radius 3 is 2.16 bits per heavy atom. The molecule has 0 N–H and O–H groups in total. The largest absolute Gasteiger partial charge is 0.301 e. The predicted molar refractivity (Wildman–Crippen MR) is 105 cm³/mol. The smallest absolute Gasteiger partial charge is 0.00727 e. The highest BCUT2D eigenvalue weighted by Gasteiger charge is 2.50. The van der Waals surface area contributed by atoms with Crippen LogP contribution in [0.5, 0.6) is 0 Å². The Balaban J connectivity index is 1.19. The predicted octanol–water partition coefficient (Wildman–Crippen LogP) is 5.86. The molecule has 2 atom stereocenters. The van der Waals surface area contributed by atoms with Gasteiger partial charge in [0.1, 0.15) is 0 Å². The molecule has 5 fully saturated rings. The summed E-state index contributed by atoms with van der Waals surface area (Å²) in [6.45, 7) is 5.16. The first-order valence-corrected chi connectivity index (χ1v) is 11.0. The molecule has 5 aliphatic rings. The Morgan fingerprint density at radius 2 is 1.56 bits per heavy atom. The van der Waals surface area contributed by atoms with Gasteiger partial charge in [-0.25, -0.2) is 0 Å². The van der Waals surface area contributed by atoms with Crippen LogP contribution in [0.1, 0.15) is 76.2 Å². The number of hydrogen-bond donors (Lipinski definition) is 0. The molecule has 4 saturated carbocycles. The van der Waals surface area contributed by atoms with Gasteiger partial charge in [-0.05, 0) is 112 Å². The molecule has 4 aliphatic carbocycles. The molecule has 1 heterocycles. The maximum Gasteiger partial charge on any atom is 0.00727 e. The highest BCUT2D eigenvalue weighted by Crippen LogP contribution is 2.61. The maximum absolute atomic E-state index is 2.83. The van der Waals surface area contributed by atoms with Gasteiger partial charge in [-0.15, -0.1) is 0 Å². The third kappa shape index (κ3) is 3.18. The minimum Gasteiger partial charge on any atom is -0.301 e. The summed E-state index contributed by atoms with van der Waals surface area (Å²) in [6.07, 6.45) is 13.7. The maximum atomic E-state index is 2.83. The van der Waals surface area contributed by atoms with Gasteiger partial charge in [0.2, 0.25) is 0 Å². The Labute approximate surface area is 154 Å². The van der Waals surface area contributed by atoms with E-state index in [0.29, 0.717) is 0 Å². The van der Waals surface area contributed by atoms with Gasteiger partial charge in [-0.1, -0.05) is 30.3 Å². The number of benzene rings is 1. The molecule has 136 valence electrons. The van der Waals surface area contributed by atoms with Crippen molar-refractivity contribution in [3.63, 3.8) is 0 Å². The van der Waals surface area contributed by atoms with Gasteiger partial charge in [0.25, 0.3) is 0 Å². The number of nitrogens with zero attached hydrogens (tertiary/aromatic N) is 1. The molecule has 6 rings (SSSR count). The summed E-state index contributed by atoms with van der Waals surface area (Å²) in [6, 6.07) is 12.0. The zero-order valence-electron chi connectivity index (χ0n) is 16.0. The highest BCUT2D eigenvalue weighted by atomic mass is 15.2. The first-order valence-electron chi connectivity index (χ1n) is 11.0. The minimum absolute atomic E-state index is 0.755. The van der Waals surface area contributed by atoms with Crippen LogP contribution < -0.4 is 0 Å². The number of hydrogen-bond acceptors (Lipinski definition) is 1. The summed E-state index contributed by atoms with van der Waals surface area (Å²) in [4.78, 5) is 2.83. The quantitative estimate of drug-likeness (QED) is 0.665. The molecule has 1 aromatic rings. The van der Waals surface area contributed by atoms with Gasteiger partial charge in [0, 0.05) is 6.04 Å². The number of rotatable bonds is 4. The number of piperidine rings is 1. The summed E-state index contributed by atoms with van der Waals surface area (Å²) >= 11 is 0. The van der Waals surface area contributed by atoms with E-state index in [1.54, 1.807) is 44.1 Å². The van der Waals surface area contributed by atoms with E-state index < -0.39 is 0 Å². The van der Waals surface area contributed by atoms with Gasteiger partial charge in [0.15, 0.2) is 0 Å². The summed E-state index contributed by atoms with van der Waals surface area (Å²) in [7, 11) is 0. The summed E-state index contributed by atoms with van der Waals surface area (Å²) in [5.41, 5.74) is 2.32. The fourth-order valence-electron chi connectivity index (χ4n) is 7.56. The van der Waals surface area contributed by atoms with Crippen LogP contribution in [-0.4, -0.2) is 24.0 Å². The van der Waals surface area contributed by atoms with Gasteiger partial charge >= 0.3 is 0 Å². The van der Waals surface area contributed by atoms with E-state index in [0.717, 1.165) is 35.1 Å². The van der Waals surface area contributed by atoms with Crippen LogP contribution in [0.15, 0.2) is 30.3 Å². The Morgan fingerprint density at radius 1 is 0.920 bits per heavy atom. The zero-order valence-corrected chi connectivity index (χ0v) is 16.0. The van der Waals surface area contributed by atoms with Crippen molar-refractivity contribution in [1.29, 1.82) is 0 Å². The first kappa shape index (κ1) is 16.4. The Kier molecular flexibility index (Phi) is 4.19. The standard InChI is InChI=1S/C24H35N/c1-18-11-23(22-5-3-2-4-6-22)7-9-25(18)10-8-24-15-19-12-20(16-24)14-21(13-19)17-24/h2-6,18-21,23H,7-17H2,1H3. The molecule has 2 unspecified atom stereocenters. The second-order valence-electron chi connectivity index (χ2n) is 10.2. The van der Waals surface area contributed by atoms with E-state index in [1.807, 2.05) is 0 Å². The Hall–Kier alpha value is -0.820. The second kappa shape index (κ2) is 6.41. The highest BCUT2D eigenvalue weighted by molar-refractivity contribution is 5.20. The zero-order chi connectivity index (χ0) is 16.9. The average Bonchev–Trinajstić information content (AvgIpc) is 2.60. The molecule has 4 bridgehead atoms. The topological polar surface area (TPSA) is 3.24 Å². The molecule has 1 heteroatoms. The monoisotopic (exact) mass is 337 g/mol. The normalized spacial score (nSPS) is 43.5. The summed E-state index contributed by atoms with van der Waals surface area (Å²) in [5, 5.41) is 0. The van der Waals surface area contributed by atoms with E-state index in [-0.39, 0.29) is 0 Å². The minimum atomic E-state index is 0.755. The lowest BCUT2D eigenvalue weighted by atomic mass is 9.49. The molecule has 1 aliphatic heterocycles. The average molecular weight is 338 g/mol. The van der Waals surface area contributed by atoms with Crippen LogP contribution in [0.2, 0.25) is 0 Å². The van der Waals surface area contributed by atoms with Crippen LogP contribution in [0.25, 0.3) is 0 Å². The van der Waals surface area contributed by atoms with Crippen molar-refractivity contribution in [3.8, 4) is 0 Å². The second-order valence-corrected chi connectivity index (χ2v) is 10.2. The molecular weight excluding hydrogens is 302 g/mol. The van der Waals surface area contributed by atoms with Gasteiger partial charge < -0.3 is 4.90 Å². The van der Waals surface area contributed by atoms with E-state index >= 15 is 0 Å². The van der Waals surface area contributed by atoms with Crippen LogP contribution in [-0.2, 0) is 0 Å². The lowest BCUT2D eigenvalue weighted by molar-refractivity contribution is -0.0632. The van der Waals surface area contributed by atoms with Gasteiger partial charge in [-0.3, -0.25) is 0 Å². The third-order valence-corrected chi connectivity index (χ3v) is 8.38. The third-order valence-electron chi connectivity index (χ3n) is 8.38. The number of likely N-dealkylation sites (tertiary alicyclic amines) is 1. The lowest BCUT2D eigenvalue weighted by Gasteiger charge is -2.57. The fourth-order valence-corrected chi connectivity index (χ4v) is 7.56. The van der Waals surface area contributed by atoms with Gasteiger partial charge in [-0.2, -0.15) is 0 Å². The van der Waals surface area contributed by atoms with E-state index in [1.165, 1.54) is 32.4 Å². The molecule has 0 radical (unpaired) electrons. The van der Waals surface area contributed by atoms with Crippen molar-refractivity contribution in [1.82, 2.24) is 4.90 Å². The van der Waals surface area contributed by atoms with Crippen molar-refractivity contribution in [3.05, 3.63) is 35.9 Å². The van der Waals surface area contributed by atoms with E-state index in [9.17, 15) is 0 Å². The molecule has 25 heavy (non-hydrogen) atoms. The van der Waals surface area contributed by atoms with Crippen molar-refractivity contribution in [2.75, 3.05) is 13.1 Å². The fraction of sp³-hybridized carbons (Fsp3) is 0.750. The molecule has 1 aromatic carbocycles. The molecular formula is C24H35N. The lowest BCUT2D eigenvalue weighted by Crippen LogP contribution is -2.48. The SMILES string of the molecule is CC1CC(c2ccccc2)CCN1CCC12CC3CC(CC(C3)C1)C2. The Bertz CT molecular complexity index is 556. The first-order chi connectivity index (χ1) is 12.2. The van der Waals surface area contributed by atoms with Crippen molar-refractivity contribution in [2.24, 2.45) is 23.2 Å². The van der Waals surface area contributed by atoms with Crippen LogP contribution in [0.4, 0.5) is 0 Å². The van der Waals surface area contributed by atoms with Crippen LogP contribution in [0, 0.1) is 23.2 Å². The van der Waals surface area contributed by atoms with Crippen molar-refractivity contribution >= 4 is 0 Å². The molecule has 0 aromatic heterocycles. The molecule has 0 spiro atoms. The van der Waals surface area contributed by atoms with E-state index in [4.69, 9.17) is 0 Å². The van der Waals surface area contributed by atoms with Crippen LogP contribution in [0.3, 0.4) is 0 Å². The van der Waals surface area contributed by atoms with Gasteiger partial charge in [0.05, 0.1) is 0 Å². The van der Waals surface area contributed by atoms with Crippen LogP contribution >= 0.6 is 0 Å².